The van der Waals surface area contributed by atoms with Crippen molar-refractivity contribution < 1.29 is 18.8 Å². The third-order valence-electron chi connectivity index (χ3n) is 2.90. The third kappa shape index (κ3) is 6.18. The number of hydrogen-bond donors (Lipinski definition) is 3. The number of hydrazine groups is 1. The van der Waals surface area contributed by atoms with E-state index in [0.29, 0.717) is 11.4 Å². The molecule has 7 heteroatoms. The number of para-hydroxylation sites is 1. The van der Waals surface area contributed by atoms with E-state index in [9.17, 15) is 14.4 Å². The average Bonchev–Trinajstić information content (AvgIpc) is 3.10. The number of carbonyl (C=O) groups is 3. The van der Waals surface area contributed by atoms with Gasteiger partial charge < -0.3 is 9.73 Å². The van der Waals surface area contributed by atoms with Gasteiger partial charge in [-0.3, -0.25) is 25.2 Å². The maximum Gasteiger partial charge on any atom is 0.262 e. The van der Waals surface area contributed by atoms with Crippen molar-refractivity contribution in [1.29, 1.82) is 0 Å². The van der Waals surface area contributed by atoms with Crippen molar-refractivity contribution in [2.24, 2.45) is 0 Å². The van der Waals surface area contributed by atoms with Crippen molar-refractivity contribution in [2.75, 3.05) is 5.32 Å². The Bertz CT molecular complexity index is 709. The normalized spacial score (nSPS) is 10.3. The second kappa shape index (κ2) is 8.94. The second-order valence-corrected chi connectivity index (χ2v) is 4.80. The van der Waals surface area contributed by atoms with E-state index >= 15 is 0 Å². The van der Waals surface area contributed by atoms with E-state index < -0.39 is 11.8 Å². The lowest BCUT2D eigenvalue weighted by Gasteiger charge is -2.06. The molecule has 0 aliphatic heterocycles. The number of furan rings is 1. The summed E-state index contributed by atoms with van der Waals surface area (Å²) >= 11 is 0. The Morgan fingerprint density at radius 3 is 2.38 bits per heavy atom. The van der Waals surface area contributed by atoms with E-state index in [-0.39, 0.29) is 18.7 Å². The smallest absolute Gasteiger partial charge is 0.262 e. The van der Waals surface area contributed by atoms with Gasteiger partial charge in [0.05, 0.1) is 6.26 Å². The first-order chi connectivity index (χ1) is 11.6. The summed E-state index contributed by atoms with van der Waals surface area (Å²) in [4.78, 5) is 34.8. The minimum absolute atomic E-state index is 0.0127. The highest BCUT2D eigenvalue weighted by Gasteiger charge is 2.07. The van der Waals surface area contributed by atoms with Gasteiger partial charge in [-0.1, -0.05) is 18.2 Å². The molecule has 0 aliphatic carbocycles. The zero-order chi connectivity index (χ0) is 17.2. The van der Waals surface area contributed by atoms with Crippen LogP contribution >= 0.6 is 0 Å². The molecular weight excluding hydrogens is 310 g/mol. The zero-order valence-electron chi connectivity index (χ0n) is 12.8. The molecule has 1 aromatic carbocycles. The summed E-state index contributed by atoms with van der Waals surface area (Å²) in [6.45, 7) is 0. The lowest BCUT2D eigenvalue weighted by Crippen LogP contribution is -2.40. The summed E-state index contributed by atoms with van der Waals surface area (Å²) in [6, 6.07) is 12.3. The average molecular weight is 327 g/mol. The quantitative estimate of drug-likeness (QED) is 0.557. The van der Waals surface area contributed by atoms with E-state index in [1.165, 1.54) is 18.4 Å². The van der Waals surface area contributed by atoms with E-state index in [1.807, 2.05) is 6.07 Å². The highest BCUT2D eigenvalue weighted by atomic mass is 16.3. The number of hydrogen-bond acceptors (Lipinski definition) is 4. The summed E-state index contributed by atoms with van der Waals surface area (Å²) < 4.78 is 5.02. The van der Waals surface area contributed by atoms with Gasteiger partial charge in [0.15, 0.2) is 0 Å². The van der Waals surface area contributed by atoms with E-state index in [1.54, 1.807) is 36.4 Å². The summed E-state index contributed by atoms with van der Waals surface area (Å²) in [5.74, 6) is -0.721. The van der Waals surface area contributed by atoms with Crippen molar-refractivity contribution in [3.05, 3.63) is 60.6 Å². The number of amides is 3. The molecule has 7 nitrogen and oxygen atoms in total. The van der Waals surface area contributed by atoms with Crippen LogP contribution in [0, 0.1) is 0 Å². The van der Waals surface area contributed by atoms with Crippen LogP contribution in [0.5, 0.6) is 0 Å². The molecule has 0 spiro atoms. The van der Waals surface area contributed by atoms with Crippen LogP contribution in [0.25, 0.3) is 6.08 Å². The minimum atomic E-state index is -0.506. The second-order valence-electron chi connectivity index (χ2n) is 4.80. The molecule has 0 unspecified atom stereocenters. The Labute approximate surface area is 138 Å². The molecule has 0 radical (unpaired) electrons. The van der Waals surface area contributed by atoms with Crippen LogP contribution in [0.4, 0.5) is 5.69 Å². The molecule has 1 heterocycles. The standard InChI is InChI=1S/C17H17N3O4/c21-15(18-13-5-2-1-3-6-13)10-11-17(23)20-19-16(22)9-8-14-7-4-12-24-14/h1-9,12H,10-11H2,(H,18,21)(H,19,22)(H,20,23)/b9-8-. The molecule has 124 valence electrons. The largest absolute Gasteiger partial charge is 0.465 e. The van der Waals surface area contributed by atoms with E-state index in [0.717, 1.165) is 0 Å². The maximum atomic E-state index is 11.7. The van der Waals surface area contributed by atoms with Gasteiger partial charge in [0.2, 0.25) is 11.8 Å². The van der Waals surface area contributed by atoms with Crippen LogP contribution in [0.15, 0.2) is 59.2 Å². The van der Waals surface area contributed by atoms with Gasteiger partial charge >= 0.3 is 0 Å². The van der Waals surface area contributed by atoms with Gasteiger partial charge in [0, 0.05) is 24.6 Å². The molecular formula is C17H17N3O4. The topological polar surface area (TPSA) is 100 Å². The number of carbonyl (C=O) groups excluding carboxylic acids is 3. The molecule has 0 bridgehead atoms. The highest BCUT2D eigenvalue weighted by molar-refractivity contribution is 5.95. The number of nitrogens with one attached hydrogen (secondary N) is 3. The molecule has 0 saturated heterocycles. The van der Waals surface area contributed by atoms with Gasteiger partial charge in [-0.05, 0) is 30.3 Å². The summed E-state index contributed by atoms with van der Waals surface area (Å²) in [6.07, 6.45) is 4.15. The summed E-state index contributed by atoms with van der Waals surface area (Å²) in [5.41, 5.74) is 5.12. The van der Waals surface area contributed by atoms with Crippen molar-refractivity contribution in [3.8, 4) is 0 Å². The zero-order valence-corrected chi connectivity index (χ0v) is 12.8. The summed E-state index contributed by atoms with van der Waals surface area (Å²) in [5, 5.41) is 2.67. The highest BCUT2D eigenvalue weighted by Crippen LogP contribution is 2.06. The Kier molecular flexibility index (Phi) is 6.34. The molecule has 3 N–H and O–H groups in total. The number of benzene rings is 1. The Hall–Kier alpha value is -3.35. The predicted octanol–water partition coefficient (Wildman–Crippen LogP) is 1.86. The van der Waals surface area contributed by atoms with Crippen LogP contribution in [-0.2, 0) is 14.4 Å². The SMILES string of the molecule is O=C(/C=C\c1ccco1)NNC(=O)CCC(=O)Nc1ccccc1. The summed E-state index contributed by atoms with van der Waals surface area (Å²) in [7, 11) is 0. The van der Waals surface area contributed by atoms with E-state index in [4.69, 9.17) is 4.42 Å². The van der Waals surface area contributed by atoms with E-state index in [2.05, 4.69) is 16.2 Å². The third-order valence-corrected chi connectivity index (χ3v) is 2.90. The monoisotopic (exact) mass is 327 g/mol. The first-order valence-corrected chi connectivity index (χ1v) is 7.29. The van der Waals surface area contributed by atoms with Crippen LogP contribution < -0.4 is 16.2 Å². The van der Waals surface area contributed by atoms with Crippen LogP contribution in [0.3, 0.4) is 0 Å². The van der Waals surface area contributed by atoms with Crippen molar-refractivity contribution >= 4 is 29.5 Å². The Morgan fingerprint density at radius 2 is 1.67 bits per heavy atom. The van der Waals surface area contributed by atoms with Crippen molar-refractivity contribution in [2.45, 2.75) is 12.8 Å². The lowest BCUT2D eigenvalue weighted by atomic mass is 10.2. The van der Waals surface area contributed by atoms with Crippen LogP contribution in [0.1, 0.15) is 18.6 Å². The molecule has 2 aromatic rings. The van der Waals surface area contributed by atoms with Gasteiger partial charge in [0.25, 0.3) is 5.91 Å². The fourth-order valence-corrected chi connectivity index (χ4v) is 1.75. The minimum Gasteiger partial charge on any atom is -0.465 e. The molecule has 0 fully saturated rings. The molecule has 3 amide bonds. The Balaban J connectivity index is 1.64. The molecule has 1 aromatic heterocycles. The van der Waals surface area contributed by atoms with Crippen molar-refractivity contribution in [3.63, 3.8) is 0 Å². The molecule has 24 heavy (non-hydrogen) atoms. The Morgan fingerprint density at radius 1 is 0.917 bits per heavy atom. The van der Waals surface area contributed by atoms with Crippen molar-refractivity contribution in [1.82, 2.24) is 10.9 Å². The van der Waals surface area contributed by atoms with Gasteiger partial charge in [-0.25, -0.2) is 0 Å². The lowest BCUT2D eigenvalue weighted by molar-refractivity contribution is -0.128. The molecule has 2 rings (SSSR count). The van der Waals surface area contributed by atoms with Crippen LogP contribution in [-0.4, -0.2) is 17.7 Å². The van der Waals surface area contributed by atoms with Gasteiger partial charge in [0.1, 0.15) is 5.76 Å². The number of rotatable bonds is 6. The first-order valence-electron chi connectivity index (χ1n) is 7.29. The predicted molar refractivity (Wildman–Crippen MR) is 88.3 cm³/mol. The van der Waals surface area contributed by atoms with Gasteiger partial charge in [-0.2, -0.15) is 0 Å². The number of anilines is 1. The maximum absolute atomic E-state index is 11.7. The first kappa shape index (κ1) is 17.0. The molecule has 0 aliphatic rings. The fourth-order valence-electron chi connectivity index (χ4n) is 1.75. The van der Waals surface area contributed by atoms with Crippen LogP contribution in [0.2, 0.25) is 0 Å². The van der Waals surface area contributed by atoms with Gasteiger partial charge in [-0.15, -0.1) is 0 Å². The molecule has 0 saturated carbocycles. The molecule has 0 atom stereocenters. The fraction of sp³-hybridized carbons (Fsp3) is 0.118.